The smallest absolute Gasteiger partial charge is 0.296 e. The summed E-state index contributed by atoms with van der Waals surface area (Å²) in [5, 5.41) is 0.0525. The van der Waals surface area contributed by atoms with Crippen molar-refractivity contribution in [2.45, 2.75) is 31.3 Å². The summed E-state index contributed by atoms with van der Waals surface area (Å²) in [6.07, 6.45) is 0. The number of benzene rings is 2. The first-order valence-corrected chi connectivity index (χ1v) is 10.9. The molecule has 8 heteroatoms. The maximum Gasteiger partial charge on any atom is 0.522 e. The summed E-state index contributed by atoms with van der Waals surface area (Å²) in [4.78, 5) is 0. The van der Waals surface area contributed by atoms with Crippen LogP contribution in [0.1, 0.15) is 20.8 Å². The molecule has 0 aromatic heterocycles. The Labute approximate surface area is 146 Å². The molecule has 0 N–H and O–H groups in total. The van der Waals surface area contributed by atoms with Gasteiger partial charge in [-0.05, 0) is 15.4 Å². The van der Waals surface area contributed by atoms with Crippen molar-refractivity contribution in [3.8, 4) is 0 Å². The van der Waals surface area contributed by atoms with Crippen molar-refractivity contribution in [2.75, 3.05) is 0 Å². The highest BCUT2D eigenvalue weighted by Gasteiger charge is 2.59. The second-order valence-corrected chi connectivity index (χ2v) is 12.7. The van der Waals surface area contributed by atoms with Gasteiger partial charge in [-0.2, -0.15) is 21.6 Å². The second kappa shape index (κ2) is 6.58. The Bertz CT molecular complexity index is 774. The van der Waals surface area contributed by atoms with E-state index in [0.29, 0.717) is 10.4 Å². The van der Waals surface area contributed by atoms with Gasteiger partial charge >= 0.3 is 15.6 Å². The summed E-state index contributed by atoms with van der Waals surface area (Å²) >= 11 is 0. The molecule has 0 fully saturated rings. The molecule has 136 valence electrons. The Morgan fingerprint density at radius 2 is 1.16 bits per heavy atom. The quantitative estimate of drug-likeness (QED) is 0.596. The van der Waals surface area contributed by atoms with Gasteiger partial charge in [-0.15, -0.1) is 0 Å². The standard InChI is InChI=1S/C17H19F3O3SSi/c1-16(2,3)25(14-10-6-4-7-11-14,15-12-8-5-9-13-15)23-24(21,22)17(18,19)20/h4-13H,1-3H3. The van der Waals surface area contributed by atoms with Crippen LogP contribution in [0, 0.1) is 0 Å². The van der Waals surface area contributed by atoms with E-state index >= 15 is 0 Å². The molecule has 0 aliphatic carbocycles. The van der Waals surface area contributed by atoms with Gasteiger partial charge in [0.1, 0.15) is 0 Å². The third kappa shape index (κ3) is 3.65. The van der Waals surface area contributed by atoms with Gasteiger partial charge in [-0.25, -0.2) is 0 Å². The van der Waals surface area contributed by atoms with Gasteiger partial charge < -0.3 is 0 Å². The molecule has 0 bridgehead atoms. The fourth-order valence-electron chi connectivity index (χ4n) is 2.81. The van der Waals surface area contributed by atoms with E-state index in [0.717, 1.165) is 0 Å². The van der Waals surface area contributed by atoms with E-state index in [-0.39, 0.29) is 0 Å². The minimum absolute atomic E-state index is 0.460. The van der Waals surface area contributed by atoms with E-state index in [9.17, 15) is 21.6 Å². The highest BCUT2D eigenvalue weighted by atomic mass is 32.2. The lowest BCUT2D eigenvalue weighted by molar-refractivity contribution is -0.0503. The third-order valence-corrected chi connectivity index (χ3v) is 10.8. The van der Waals surface area contributed by atoms with Crippen molar-refractivity contribution in [2.24, 2.45) is 0 Å². The monoisotopic (exact) mass is 388 g/mol. The van der Waals surface area contributed by atoms with E-state index in [4.69, 9.17) is 3.87 Å². The van der Waals surface area contributed by atoms with E-state index in [1.807, 2.05) is 0 Å². The summed E-state index contributed by atoms with van der Waals surface area (Å²) in [5.74, 6) is 0. The molecule has 0 unspecified atom stereocenters. The van der Waals surface area contributed by atoms with Crippen LogP contribution in [0.3, 0.4) is 0 Å². The lowest BCUT2D eigenvalue weighted by Gasteiger charge is -2.41. The number of hydrogen-bond acceptors (Lipinski definition) is 3. The summed E-state index contributed by atoms with van der Waals surface area (Å²) < 4.78 is 68.3. The number of halogens is 3. The zero-order valence-corrected chi connectivity index (χ0v) is 15.9. The van der Waals surface area contributed by atoms with Gasteiger partial charge in [-0.1, -0.05) is 81.4 Å². The van der Waals surface area contributed by atoms with Gasteiger partial charge in [-0.3, -0.25) is 3.87 Å². The van der Waals surface area contributed by atoms with Crippen LogP contribution in [0.5, 0.6) is 0 Å². The molecular weight excluding hydrogens is 369 g/mol. The molecule has 0 heterocycles. The van der Waals surface area contributed by atoms with Crippen molar-refractivity contribution < 1.29 is 25.5 Å². The highest BCUT2D eigenvalue weighted by Crippen LogP contribution is 2.40. The van der Waals surface area contributed by atoms with Crippen molar-refractivity contribution in [3.05, 3.63) is 60.7 Å². The Balaban J connectivity index is 2.83. The zero-order chi connectivity index (χ0) is 18.9. The first kappa shape index (κ1) is 19.7. The molecule has 0 spiro atoms. The van der Waals surface area contributed by atoms with Gasteiger partial charge in [0.15, 0.2) is 0 Å². The maximum absolute atomic E-state index is 13.1. The van der Waals surface area contributed by atoms with Crippen LogP contribution < -0.4 is 10.4 Å². The molecule has 2 aromatic rings. The van der Waals surface area contributed by atoms with Crippen molar-refractivity contribution in [3.63, 3.8) is 0 Å². The van der Waals surface area contributed by atoms with Crippen molar-refractivity contribution in [1.29, 1.82) is 0 Å². The molecule has 2 aromatic carbocycles. The highest BCUT2D eigenvalue weighted by molar-refractivity contribution is 7.88. The molecule has 0 amide bonds. The summed E-state index contributed by atoms with van der Waals surface area (Å²) in [6, 6.07) is 16.6. The molecule has 0 aliphatic heterocycles. The molecule has 0 radical (unpaired) electrons. The maximum atomic E-state index is 13.1. The van der Waals surface area contributed by atoms with Gasteiger partial charge in [0.25, 0.3) is 8.32 Å². The first-order valence-electron chi connectivity index (χ1n) is 7.55. The molecule has 0 aliphatic rings. The molecule has 3 nitrogen and oxygen atoms in total. The average molecular weight is 388 g/mol. The van der Waals surface area contributed by atoms with E-state index in [1.54, 1.807) is 81.4 Å². The lowest BCUT2D eigenvalue weighted by atomic mass is 10.2. The van der Waals surface area contributed by atoms with Crippen molar-refractivity contribution in [1.82, 2.24) is 0 Å². The van der Waals surface area contributed by atoms with Crippen LogP contribution in [0.25, 0.3) is 0 Å². The van der Waals surface area contributed by atoms with Crippen LogP contribution in [0.4, 0.5) is 13.2 Å². The summed E-state index contributed by atoms with van der Waals surface area (Å²) in [6.45, 7) is 5.10. The fraction of sp³-hybridized carbons (Fsp3) is 0.294. The SMILES string of the molecule is CC(C)(C)[Si](OS(=O)(=O)C(F)(F)F)(c1ccccc1)c1ccccc1. The van der Waals surface area contributed by atoms with Gasteiger partial charge in [0.05, 0.1) is 0 Å². The summed E-state index contributed by atoms with van der Waals surface area (Å²) in [5.41, 5.74) is -5.49. The number of alkyl halides is 3. The van der Waals surface area contributed by atoms with E-state index in [2.05, 4.69) is 0 Å². The van der Waals surface area contributed by atoms with Crippen LogP contribution >= 0.6 is 0 Å². The number of hydrogen-bond donors (Lipinski definition) is 0. The van der Waals surface area contributed by atoms with Crippen LogP contribution in [-0.4, -0.2) is 22.2 Å². The topological polar surface area (TPSA) is 43.4 Å². The van der Waals surface area contributed by atoms with Crippen LogP contribution in [0.15, 0.2) is 60.7 Å². The molecule has 0 saturated carbocycles. The van der Waals surface area contributed by atoms with Crippen LogP contribution in [0.2, 0.25) is 5.04 Å². The lowest BCUT2D eigenvalue weighted by Crippen LogP contribution is -2.67. The first-order chi connectivity index (χ1) is 11.4. The van der Waals surface area contributed by atoms with Gasteiger partial charge in [0, 0.05) is 0 Å². The predicted molar refractivity (Wildman–Crippen MR) is 93.7 cm³/mol. The number of rotatable bonds is 4. The summed E-state index contributed by atoms with van der Waals surface area (Å²) in [7, 11) is -9.58. The predicted octanol–water partition coefficient (Wildman–Crippen LogP) is 3.41. The fourth-order valence-corrected chi connectivity index (χ4v) is 9.66. The third-order valence-electron chi connectivity index (χ3n) is 3.93. The molecule has 0 atom stereocenters. The minimum Gasteiger partial charge on any atom is -0.296 e. The normalized spacial score (nSPS) is 13.7. The second-order valence-electron chi connectivity index (χ2n) is 6.65. The largest absolute Gasteiger partial charge is 0.522 e. The Morgan fingerprint density at radius 1 is 0.800 bits per heavy atom. The molecule has 2 rings (SSSR count). The average Bonchev–Trinajstić information content (AvgIpc) is 2.52. The van der Waals surface area contributed by atoms with E-state index < -0.39 is 29.0 Å². The Morgan fingerprint density at radius 3 is 1.44 bits per heavy atom. The van der Waals surface area contributed by atoms with Gasteiger partial charge in [0.2, 0.25) is 0 Å². The Kier molecular flexibility index (Phi) is 5.18. The molecule has 25 heavy (non-hydrogen) atoms. The van der Waals surface area contributed by atoms with Crippen LogP contribution in [-0.2, 0) is 14.0 Å². The van der Waals surface area contributed by atoms with Crippen molar-refractivity contribution >= 4 is 28.8 Å². The van der Waals surface area contributed by atoms with E-state index in [1.165, 1.54) is 0 Å². The Hall–Kier alpha value is -1.64. The zero-order valence-electron chi connectivity index (χ0n) is 14.0. The minimum atomic E-state index is -5.77. The molecule has 0 saturated heterocycles. The molecular formula is C17H19F3O3SSi.